The van der Waals surface area contributed by atoms with E-state index in [1.54, 1.807) is 0 Å². The maximum atomic E-state index is 3.43. The van der Waals surface area contributed by atoms with Crippen molar-refractivity contribution >= 4 is 11.3 Å². The van der Waals surface area contributed by atoms with Crippen LogP contribution in [0.15, 0.2) is 11.4 Å². The average molecular weight is 212 g/mol. The van der Waals surface area contributed by atoms with Gasteiger partial charge in [0.05, 0.1) is 0 Å². The van der Waals surface area contributed by atoms with Gasteiger partial charge in [0.2, 0.25) is 0 Å². The molecule has 0 aliphatic carbocycles. The van der Waals surface area contributed by atoms with Crippen LogP contribution >= 0.6 is 11.3 Å². The molecule has 0 atom stereocenters. The van der Waals surface area contributed by atoms with Crippen molar-refractivity contribution in [2.75, 3.05) is 13.1 Å². The molecule has 1 aromatic rings. The van der Waals surface area contributed by atoms with Crippen LogP contribution in [0.2, 0.25) is 0 Å². The van der Waals surface area contributed by atoms with Crippen molar-refractivity contribution in [3.05, 3.63) is 21.9 Å². The molecule has 0 amide bonds. The van der Waals surface area contributed by atoms with E-state index in [2.05, 4.69) is 42.9 Å². The summed E-state index contributed by atoms with van der Waals surface area (Å²) in [5, 5.41) is 8.96. The lowest BCUT2D eigenvalue weighted by Gasteiger charge is -2.08. The molecule has 0 saturated heterocycles. The van der Waals surface area contributed by atoms with E-state index in [1.165, 1.54) is 10.4 Å². The summed E-state index contributed by atoms with van der Waals surface area (Å²) >= 11 is 1.83. The summed E-state index contributed by atoms with van der Waals surface area (Å²) in [5.74, 6) is 0. The second kappa shape index (κ2) is 6.17. The summed E-state index contributed by atoms with van der Waals surface area (Å²) in [6, 6.07) is 2.76. The van der Waals surface area contributed by atoms with Gasteiger partial charge in [0.25, 0.3) is 0 Å². The Morgan fingerprint density at radius 1 is 1.36 bits per heavy atom. The Kier molecular flexibility index (Phi) is 5.15. The Labute approximate surface area is 90.7 Å². The van der Waals surface area contributed by atoms with Crippen molar-refractivity contribution in [3.63, 3.8) is 0 Å². The van der Waals surface area contributed by atoms with Gasteiger partial charge in [0.15, 0.2) is 0 Å². The van der Waals surface area contributed by atoms with E-state index in [4.69, 9.17) is 0 Å². The largest absolute Gasteiger partial charge is 0.313 e. The molecule has 2 nitrogen and oxygen atoms in total. The number of rotatable bonds is 6. The molecule has 3 heteroatoms. The summed E-state index contributed by atoms with van der Waals surface area (Å²) in [6.45, 7) is 9.59. The van der Waals surface area contributed by atoms with Gasteiger partial charge in [0, 0.05) is 30.6 Å². The first kappa shape index (κ1) is 11.7. The third kappa shape index (κ3) is 4.22. The molecule has 0 radical (unpaired) electrons. The predicted molar refractivity (Wildman–Crippen MR) is 63.9 cm³/mol. The molecule has 1 aromatic heterocycles. The van der Waals surface area contributed by atoms with Crippen LogP contribution in [0.25, 0.3) is 0 Å². The lowest BCUT2D eigenvalue weighted by Crippen LogP contribution is -2.31. The van der Waals surface area contributed by atoms with Crippen LogP contribution in [-0.4, -0.2) is 19.1 Å². The fourth-order valence-electron chi connectivity index (χ4n) is 1.24. The van der Waals surface area contributed by atoms with Crippen molar-refractivity contribution in [1.29, 1.82) is 0 Å². The van der Waals surface area contributed by atoms with Crippen molar-refractivity contribution in [1.82, 2.24) is 10.6 Å². The molecule has 0 spiro atoms. The molecular formula is C11H20N2S. The van der Waals surface area contributed by atoms with Crippen molar-refractivity contribution < 1.29 is 0 Å². The van der Waals surface area contributed by atoms with Crippen molar-refractivity contribution in [3.8, 4) is 0 Å². The zero-order chi connectivity index (χ0) is 10.4. The third-order valence-corrected chi connectivity index (χ3v) is 3.13. The summed E-state index contributed by atoms with van der Waals surface area (Å²) in [4.78, 5) is 1.45. The Hall–Kier alpha value is -0.380. The second-order valence-corrected chi connectivity index (χ2v) is 4.81. The minimum atomic E-state index is 0.584. The minimum absolute atomic E-state index is 0.584. The van der Waals surface area contributed by atoms with Gasteiger partial charge in [-0.1, -0.05) is 13.8 Å². The van der Waals surface area contributed by atoms with Crippen LogP contribution in [0.3, 0.4) is 0 Å². The lowest BCUT2D eigenvalue weighted by atomic mass is 10.3. The standard InChI is InChI=1S/C11H20N2S/c1-9(2)13-6-5-12-8-11-10(3)4-7-14-11/h4,7,9,12-13H,5-6,8H2,1-3H3. The molecule has 0 saturated carbocycles. The third-order valence-electron chi connectivity index (χ3n) is 2.11. The van der Waals surface area contributed by atoms with Gasteiger partial charge < -0.3 is 10.6 Å². The highest BCUT2D eigenvalue weighted by molar-refractivity contribution is 7.10. The van der Waals surface area contributed by atoms with E-state index in [9.17, 15) is 0 Å². The van der Waals surface area contributed by atoms with Crippen LogP contribution in [0.4, 0.5) is 0 Å². The molecule has 0 aliphatic rings. The number of hydrogen-bond donors (Lipinski definition) is 2. The summed E-state index contributed by atoms with van der Waals surface area (Å²) in [6.07, 6.45) is 0. The van der Waals surface area contributed by atoms with Crippen molar-refractivity contribution in [2.45, 2.75) is 33.4 Å². The monoisotopic (exact) mass is 212 g/mol. The topological polar surface area (TPSA) is 24.1 Å². The highest BCUT2D eigenvalue weighted by atomic mass is 32.1. The first-order valence-corrected chi connectivity index (χ1v) is 6.05. The molecule has 1 rings (SSSR count). The summed E-state index contributed by atoms with van der Waals surface area (Å²) in [7, 11) is 0. The molecule has 0 aromatic carbocycles. The van der Waals surface area contributed by atoms with E-state index in [1.807, 2.05) is 11.3 Å². The highest BCUT2D eigenvalue weighted by Gasteiger charge is 1.98. The Bertz CT molecular complexity index is 256. The SMILES string of the molecule is Cc1ccsc1CNCCNC(C)C. The van der Waals surface area contributed by atoms with Crippen LogP contribution in [0.5, 0.6) is 0 Å². The second-order valence-electron chi connectivity index (χ2n) is 3.81. The van der Waals surface area contributed by atoms with Crippen LogP contribution in [0, 0.1) is 6.92 Å². The Morgan fingerprint density at radius 2 is 2.14 bits per heavy atom. The Morgan fingerprint density at radius 3 is 2.71 bits per heavy atom. The molecule has 0 aliphatic heterocycles. The van der Waals surface area contributed by atoms with E-state index in [0.717, 1.165) is 19.6 Å². The van der Waals surface area contributed by atoms with Gasteiger partial charge in [-0.25, -0.2) is 0 Å². The smallest absolute Gasteiger partial charge is 0.0302 e. The predicted octanol–water partition coefficient (Wildman–Crippen LogP) is 2.14. The van der Waals surface area contributed by atoms with Gasteiger partial charge in [-0.3, -0.25) is 0 Å². The number of aryl methyl sites for hydroxylation is 1. The normalized spacial score (nSPS) is 11.1. The molecule has 1 heterocycles. The minimum Gasteiger partial charge on any atom is -0.313 e. The molecule has 0 unspecified atom stereocenters. The number of hydrogen-bond acceptors (Lipinski definition) is 3. The fourth-order valence-corrected chi connectivity index (χ4v) is 2.11. The molecule has 2 N–H and O–H groups in total. The van der Waals surface area contributed by atoms with E-state index >= 15 is 0 Å². The van der Waals surface area contributed by atoms with Crippen LogP contribution in [0.1, 0.15) is 24.3 Å². The summed E-state index contributed by atoms with van der Waals surface area (Å²) < 4.78 is 0. The molecule has 0 fully saturated rings. The molecular weight excluding hydrogens is 192 g/mol. The van der Waals surface area contributed by atoms with E-state index in [0.29, 0.717) is 6.04 Å². The molecule has 0 bridgehead atoms. The first-order valence-electron chi connectivity index (χ1n) is 5.17. The fraction of sp³-hybridized carbons (Fsp3) is 0.636. The highest BCUT2D eigenvalue weighted by Crippen LogP contribution is 2.14. The van der Waals surface area contributed by atoms with Gasteiger partial charge >= 0.3 is 0 Å². The van der Waals surface area contributed by atoms with Gasteiger partial charge in [-0.05, 0) is 23.9 Å². The van der Waals surface area contributed by atoms with E-state index in [-0.39, 0.29) is 0 Å². The van der Waals surface area contributed by atoms with Crippen LogP contribution in [-0.2, 0) is 6.54 Å². The zero-order valence-corrected chi connectivity index (χ0v) is 10.1. The number of thiophene rings is 1. The number of nitrogens with one attached hydrogen (secondary N) is 2. The first-order chi connectivity index (χ1) is 6.70. The summed E-state index contributed by atoms with van der Waals surface area (Å²) in [5.41, 5.74) is 1.40. The van der Waals surface area contributed by atoms with Gasteiger partial charge in [-0.2, -0.15) is 0 Å². The quantitative estimate of drug-likeness (QED) is 0.706. The van der Waals surface area contributed by atoms with Gasteiger partial charge in [0.1, 0.15) is 0 Å². The van der Waals surface area contributed by atoms with Crippen molar-refractivity contribution in [2.24, 2.45) is 0 Å². The zero-order valence-electron chi connectivity index (χ0n) is 9.26. The Balaban J connectivity index is 2.08. The van der Waals surface area contributed by atoms with E-state index < -0.39 is 0 Å². The van der Waals surface area contributed by atoms with Gasteiger partial charge in [-0.15, -0.1) is 11.3 Å². The maximum absolute atomic E-state index is 3.43. The lowest BCUT2D eigenvalue weighted by molar-refractivity contribution is 0.556. The average Bonchev–Trinajstić information content (AvgIpc) is 2.51. The molecule has 80 valence electrons. The molecule has 14 heavy (non-hydrogen) atoms. The maximum Gasteiger partial charge on any atom is 0.0302 e. The van der Waals surface area contributed by atoms with Crippen LogP contribution < -0.4 is 10.6 Å².